The van der Waals surface area contributed by atoms with Crippen LogP contribution < -0.4 is 0 Å². The van der Waals surface area contributed by atoms with Crippen molar-refractivity contribution >= 4 is 11.9 Å². The number of carboxylic acid groups (broad SMARTS) is 1. The summed E-state index contributed by atoms with van der Waals surface area (Å²) in [4.78, 5) is 26.9. The maximum atomic E-state index is 12.3. The van der Waals surface area contributed by atoms with Gasteiger partial charge in [-0.2, -0.15) is 0 Å². The third-order valence-electron chi connectivity index (χ3n) is 3.78. The van der Waals surface area contributed by atoms with E-state index in [1.54, 1.807) is 19.1 Å². The van der Waals surface area contributed by atoms with Gasteiger partial charge in [-0.3, -0.25) is 14.5 Å². The molecule has 0 unspecified atom stereocenters. The second-order valence-electron chi connectivity index (χ2n) is 5.26. The van der Waals surface area contributed by atoms with Crippen LogP contribution in [0.15, 0.2) is 0 Å². The Morgan fingerprint density at radius 1 is 1.14 bits per heavy atom. The fraction of sp³-hybridized carbons (Fsp3) is 0.857. The van der Waals surface area contributed by atoms with E-state index in [-0.39, 0.29) is 11.8 Å². The van der Waals surface area contributed by atoms with Gasteiger partial charge in [0.1, 0.15) is 0 Å². The Labute approximate surface area is 125 Å². The highest BCUT2D eigenvalue weighted by molar-refractivity contribution is 5.79. The summed E-state index contributed by atoms with van der Waals surface area (Å²) in [6.07, 6.45) is 1.08. The second-order valence-corrected chi connectivity index (χ2v) is 5.26. The third-order valence-corrected chi connectivity index (χ3v) is 3.78. The minimum Gasteiger partial charge on any atom is -0.481 e. The number of ether oxygens (including phenoxy) is 2. The zero-order valence-corrected chi connectivity index (χ0v) is 12.9. The Balaban J connectivity index is 2.40. The largest absolute Gasteiger partial charge is 0.481 e. The molecule has 1 amide bonds. The van der Waals surface area contributed by atoms with E-state index >= 15 is 0 Å². The molecule has 7 nitrogen and oxygen atoms in total. The Morgan fingerprint density at radius 2 is 1.67 bits per heavy atom. The van der Waals surface area contributed by atoms with Gasteiger partial charge in [-0.1, -0.05) is 0 Å². The Hall–Kier alpha value is -1.18. The number of piperidine rings is 1. The number of amides is 1. The van der Waals surface area contributed by atoms with E-state index in [1.807, 2.05) is 4.90 Å². The van der Waals surface area contributed by atoms with Crippen LogP contribution in [0.3, 0.4) is 0 Å². The Bertz CT molecular complexity index is 321. The molecule has 0 aromatic heterocycles. The molecule has 0 aromatic rings. The van der Waals surface area contributed by atoms with Crippen molar-refractivity contribution in [1.82, 2.24) is 9.80 Å². The molecule has 1 aliphatic rings. The molecule has 0 bridgehead atoms. The molecule has 0 radical (unpaired) electrons. The molecular weight excluding hydrogens is 276 g/mol. The summed E-state index contributed by atoms with van der Waals surface area (Å²) in [7, 11) is 3.26. The molecule has 1 fully saturated rings. The average Bonchev–Trinajstić information content (AvgIpc) is 2.49. The maximum Gasteiger partial charge on any atom is 0.306 e. The topological polar surface area (TPSA) is 79.3 Å². The van der Waals surface area contributed by atoms with Crippen LogP contribution in [-0.4, -0.2) is 86.9 Å². The lowest BCUT2D eigenvalue weighted by atomic mass is 9.97. The van der Waals surface area contributed by atoms with Gasteiger partial charge >= 0.3 is 5.97 Å². The first-order valence-corrected chi connectivity index (χ1v) is 7.29. The number of nitrogens with zero attached hydrogens (tertiary/aromatic N) is 2. The highest BCUT2D eigenvalue weighted by atomic mass is 16.5. The van der Waals surface area contributed by atoms with Crippen molar-refractivity contribution in [2.75, 3.05) is 60.2 Å². The van der Waals surface area contributed by atoms with Gasteiger partial charge < -0.3 is 19.5 Å². The third kappa shape index (κ3) is 6.41. The molecule has 0 aliphatic carbocycles. The molecule has 0 spiro atoms. The van der Waals surface area contributed by atoms with Gasteiger partial charge in [-0.15, -0.1) is 0 Å². The van der Waals surface area contributed by atoms with Crippen molar-refractivity contribution in [3.05, 3.63) is 0 Å². The molecule has 122 valence electrons. The zero-order chi connectivity index (χ0) is 15.7. The maximum absolute atomic E-state index is 12.3. The Kier molecular flexibility index (Phi) is 8.26. The highest BCUT2D eigenvalue weighted by Gasteiger charge is 2.27. The Morgan fingerprint density at radius 3 is 2.10 bits per heavy atom. The molecule has 1 saturated heterocycles. The first kappa shape index (κ1) is 17.9. The van der Waals surface area contributed by atoms with Crippen LogP contribution in [-0.2, 0) is 19.1 Å². The van der Waals surface area contributed by atoms with Crippen LogP contribution in [0.4, 0.5) is 0 Å². The highest BCUT2D eigenvalue weighted by Crippen LogP contribution is 2.17. The van der Waals surface area contributed by atoms with Gasteiger partial charge in [0.05, 0.1) is 25.7 Å². The zero-order valence-electron chi connectivity index (χ0n) is 12.9. The van der Waals surface area contributed by atoms with Crippen molar-refractivity contribution < 1.29 is 24.2 Å². The molecule has 21 heavy (non-hydrogen) atoms. The molecule has 0 saturated carbocycles. The standard InChI is InChI=1S/C14H26N2O5/c1-20-9-7-15(8-10-21-2)11-13(17)16-5-3-12(4-6-16)14(18)19/h12H,3-11H2,1-2H3,(H,18,19). The minimum atomic E-state index is -0.760. The van der Waals surface area contributed by atoms with Crippen molar-refractivity contribution in [1.29, 1.82) is 0 Å². The van der Waals surface area contributed by atoms with Crippen LogP contribution in [0.25, 0.3) is 0 Å². The van der Waals surface area contributed by atoms with Crippen molar-refractivity contribution in [2.24, 2.45) is 5.92 Å². The smallest absolute Gasteiger partial charge is 0.306 e. The van der Waals surface area contributed by atoms with E-state index in [1.165, 1.54) is 0 Å². The minimum absolute atomic E-state index is 0.0473. The summed E-state index contributed by atoms with van der Waals surface area (Å²) in [5.41, 5.74) is 0. The number of methoxy groups -OCH3 is 2. The van der Waals surface area contributed by atoms with Gasteiger partial charge in [0.15, 0.2) is 0 Å². The number of carboxylic acids is 1. The van der Waals surface area contributed by atoms with Crippen molar-refractivity contribution in [3.8, 4) is 0 Å². The number of hydrogen-bond acceptors (Lipinski definition) is 5. The predicted molar refractivity (Wildman–Crippen MR) is 77.1 cm³/mol. The summed E-state index contributed by atoms with van der Waals surface area (Å²) in [5.74, 6) is -1.03. The van der Waals surface area contributed by atoms with Crippen LogP contribution in [0, 0.1) is 5.92 Å². The molecule has 1 aliphatic heterocycles. The number of likely N-dealkylation sites (tertiary alicyclic amines) is 1. The molecule has 0 aromatic carbocycles. The van der Waals surface area contributed by atoms with E-state index in [0.717, 1.165) is 0 Å². The lowest BCUT2D eigenvalue weighted by Crippen LogP contribution is -2.46. The quantitative estimate of drug-likeness (QED) is 0.641. The fourth-order valence-corrected chi connectivity index (χ4v) is 2.38. The normalized spacial score (nSPS) is 16.4. The summed E-state index contributed by atoms with van der Waals surface area (Å²) in [6.45, 7) is 3.87. The lowest BCUT2D eigenvalue weighted by Gasteiger charge is -2.32. The first-order valence-electron chi connectivity index (χ1n) is 7.29. The number of carbonyl (C=O) groups is 2. The molecule has 1 rings (SSSR count). The van der Waals surface area contributed by atoms with Gasteiger partial charge in [-0.05, 0) is 12.8 Å². The SMILES string of the molecule is COCCN(CCOC)CC(=O)N1CCC(C(=O)O)CC1. The summed E-state index contributed by atoms with van der Waals surface area (Å²) < 4.78 is 10.1. The van der Waals surface area contributed by atoms with Gasteiger partial charge in [0.2, 0.25) is 5.91 Å². The van der Waals surface area contributed by atoms with Crippen LogP contribution >= 0.6 is 0 Å². The summed E-state index contributed by atoms with van der Waals surface area (Å²) in [6, 6.07) is 0. The summed E-state index contributed by atoms with van der Waals surface area (Å²) >= 11 is 0. The molecule has 0 atom stereocenters. The first-order chi connectivity index (χ1) is 10.1. The van der Waals surface area contributed by atoms with E-state index in [0.29, 0.717) is 58.8 Å². The van der Waals surface area contributed by atoms with Gasteiger partial charge in [0, 0.05) is 40.4 Å². The lowest BCUT2D eigenvalue weighted by molar-refractivity contribution is -0.146. The monoisotopic (exact) mass is 302 g/mol. The number of rotatable bonds is 9. The van der Waals surface area contributed by atoms with E-state index < -0.39 is 5.97 Å². The van der Waals surface area contributed by atoms with Crippen LogP contribution in [0.2, 0.25) is 0 Å². The van der Waals surface area contributed by atoms with Crippen LogP contribution in [0.5, 0.6) is 0 Å². The number of aliphatic carboxylic acids is 1. The fourth-order valence-electron chi connectivity index (χ4n) is 2.38. The number of hydrogen-bond donors (Lipinski definition) is 1. The van der Waals surface area contributed by atoms with E-state index in [9.17, 15) is 9.59 Å². The summed E-state index contributed by atoms with van der Waals surface area (Å²) in [5, 5.41) is 8.96. The molecule has 1 heterocycles. The van der Waals surface area contributed by atoms with Crippen molar-refractivity contribution in [3.63, 3.8) is 0 Å². The molecule has 1 N–H and O–H groups in total. The van der Waals surface area contributed by atoms with Gasteiger partial charge in [-0.25, -0.2) is 0 Å². The average molecular weight is 302 g/mol. The molecular formula is C14H26N2O5. The van der Waals surface area contributed by atoms with Crippen LogP contribution in [0.1, 0.15) is 12.8 Å². The van der Waals surface area contributed by atoms with Crippen molar-refractivity contribution in [2.45, 2.75) is 12.8 Å². The van der Waals surface area contributed by atoms with E-state index in [2.05, 4.69) is 0 Å². The van der Waals surface area contributed by atoms with E-state index in [4.69, 9.17) is 14.6 Å². The predicted octanol–water partition coefficient (Wildman–Crippen LogP) is -0.0956. The van der Waals surface area contributed by atoms with Gasteiger partial charge in [0.25, 0.3) is 0 Å². The molecule has 7 heteroatoms. The number of carbonyl (C=O) groups excluding carboxylic acids is 1. The second kappa shape index (κ2) is 9.70.